The molecule has 106 valence electrons. The van der Waals surface area contributed by atoms with Crippen LogP contribution in [0.15, 0.2) is 48.8 Å². The van der Waals surface area contributed by atoms with Gasteiger partial charge in [0.25, 0.3) is 0 Å². The summed E-state index contributed by atoms with van der Waals surface area (Å²) in [5, 5.41) is 7.74. The minimum absolute atomic E-state index is 0.828. The van der Waals surface area contributed by atoms with Gasteiger partial charge in [-0.2, -0.15) is 0 Å². The largest absolute Gasteiger partial charge is 0.385 e. The summed E-state index contributed by atoms with van der Waals surface area (Å²) in [6.45, 7) is 5.05. The summed E-state index contributed by atoms with van der Waals surface area (Å²) in [5.74, 6) is 0.828. The maximum absolute atomic E-state index is 4.39. The SMILES string of the molecule is CCNc1ccc2ncnc(Nc3ccccc3C)c2c1. The second kappa shape index (κ2) is 5.79. The molecule has 0 aliphatic carbocycles. The van der Waals surface area contributed by atoms with Gasteiger partial charge in [0.05, 0.1) is 5.52 Å². The second-order valence-corrected chi connectivity index (χ2v) is 4.92. The molecular formula is C17H18N4. The van der Waals surface area contributed by atoms with Crippen LogP contribution in [0.2, 0.25) is 0 Å². The molecule has 0 fully saturated rings. The van der Waals surface area contributed by atoms with Crippen molar-refractivity contribution in [2.75, 3.05) is 17.2 Å². The van der Waals surface area contributed by atoms with Crippen molar-refractivity contribution in [3.8, 4) is 0 Å². The Bertz CT molecular complexity index is 768. The first kappa shape index (κ1) is 13.4. The highest BCUT2D eigenvalue weighted by Crippen LogP contribution is 2.26. The fourth-order valence-electron chi connectivity index (χ4n) is 2.31. The summed E-state index contributed by atoms with van der Waals surface area (Å²) in [4.78, 5) is 8.72. The summed E-state index contributed by atoms with van der Waals surface area (Å²) in [5.41, 5.74) is 4.26. The third-order valence-electron chi connectivity index (χ3n) is 3.41. The average Bonchev–Trinajstić information content (AvgIpc) is 2.50. The van der Waals surface area contributed by atoms with E-state index >= 15 is 0 Å². The summed E-state index contributed by atoms with van der Waals surface area (Å²) in [7, 11) is 0. The number of nitrogens with one attached hydrogen (secondary N) is 2. The number of para-hydroxylation sites is 1. The Kier molecular flexibility index (Phi) is 3.69. The van der Waals surface area contributed by atoms with Crippen molar-refractivity contribution >= 4 is 28.1 Å². The van der Waals surface area contributed by atoms with Crippen LogP contribution in [0.25, 0.3) is 10.9 Å². The van der Waals surface area contributed by atoms with Crippen molar-refractivity contribution in [1.82, 2.24) is 9.97 Å². The predicted molar refractivity (Wildman–Crippen MR) is 88.2 cm³/mol. The van der Waals surface area contributed by atoms with Crippen molar-refractivity contribution in [2.24, 2.45) is 0 Å². The van der Waals surface area contributed by atoms with Crippen LogP contribution in [0.1, 0.15) is 12.5 Å². The van der Waals surface area contributed by atoms with E-state index in [4.69, 9.17) is 0 Å². The lowest BCUT2D eigenvalue weighted by atomic mass is 10.1. The van der Waals surface area contributed by atoms with Gasteiger partial charge in [-0.05, 0) is 43.7 Å². The Hall–Kier alpha value is -2.62. The molecule has 0 amide bonds. The van der Waals surface area contributed by atoms with Crippen LogP contribution in [0.4, 0.5) is 17.2 Å². The minimum atomic E-state index is 0.828. The topological polar surface area (TPSA) is 49.8 Å². The highest BCUT2D eigenvalue weighted by molar-refractivity contribution is 5.93. The molecule has 2 aromatic carbocycles. The lowest BCUT2D eigenvalue weighted by Gasteiger charge is -2.11. The van der Waals surface area contributed by atoms with Gasteiger partial charge in [0.15, 0.2) is 0 Å². The molecule has 0 bridgehead atoms. The number of aryl methyl sites for hydroxylation is 1. The Morgan fingerprint density at radius 2 is 1.90 bits per heavy atom. The highest BCUT2D eigenvalue weighted by atomic mass is 15.0. The fourth-order valence-corrected chi connectivity index (χ4v) is 2.31. The molecule has 0 radical (unpaired) electrons. The second-order valence-electron chi connectivity index (χ2n) is 4.92. The number of fused-ring (bicyclic) bond motifs is 1. The first-order valence-electron chi connectivity index (χ1n) is 7.09. The van der Waals surface area contributed by atoms with E-state index in [1.807, 2.05) is 24.3 Å². The molecule has 3 rings (SSSR count). The standard InChI is InChI=1S/C17H18N4/c1-3-18-13-8-9-16-14(10-13)17(20-11-19-16)21-15-7-5-4-6-12(15)2/h4-11,18H,3H2,1-2H3,(H,19,20,21). The number of hydrogen-bond acceptors (Lipinski definition) is 4. The molecule has 0 spiro atoms. The smallest absolute Gasteiger partial charge is 0.141 e. The lowest BCUT2D eigenvalue weighted by molar-refractivity contribution is 1.20. The van der Waals surface area contributed by atoms with E-state index in [1.165, 1.54) is 5.56 Å². The third-order valence-corrected chi connectivity index (χ3v) is 3.41. The minimum Gasteiger partial charge on any atom is -0.385 e. The Balaban J connectivity index is 2.05. The molecule has 0 aliphatic rings. The van der Waals surface area contributed by atoms with E-state index in [0.29, 0.717) is 0 Å². The third kappa shape index (κ3) is 2.79. The molecule has 3 aromatic rings. The number of aromatic nitrogens is 2. The zero-order valence-electron chi connectivity index (χ0n) is 12.2. The Labute approximate surface area is 124 Å². The number of rotatable bonds is 4. The quantitative estimate of drug-likeness (QED) is 0.754. The van der Waals surface area contributed by atoms with E-state index in [1.54, 1.807) is 6.33 Å². The first-order valence-corrected chi connectivity index (χ1v) is 7.09. The molecule has 0 unspecified atom stereocenters. The monoisotopic (exact) mass is 278 g/mol. The number of benzene rings is 2. The summed E-state index contributed by atoms with van der Waals surface area (Å²) in [6.07, 6.45) is 1.59. The van der Waals surface area contributed by atoms with Crippen LogP contribution < -0.4 is 10.6 Å². The Morgan fingerprint density at radius 3 is 2.71 bits per heavy atom. The first-order chi connectivity index (χ1) is 10.3. The predicted octanol–water partition coefficient (Wildman–Crippen LogP) is 4.11. The molecular weight excluding hydrogens is 260 g/mol. The van der Waals surface area contributed by atoms with E-state index in [2.05, 4.69) is 52.6 Å². The van der Waals surface area contributed by atoms with Crippen molar-refractivity contribution < 1.29 is 0 Å². The van der Waals surface area contributed by atoms with E-state index in [0.717, 1.165) is 34.6 Å². The van der Waals surface area contributed by atoms with Crippen LogP contribution in [-0.2, 0) is 0 Å². The van der Waals surface area contributed by atoms with Gasteiger partial charge >= 0.3 is 0 Å². The molecule has 1 aromatic heterocycles. The zero-order valence-corrected chi connectivity index (χ0v) is 12.2. The van der Waals surface area contributed by atoms with Crippen molar-refractivity contribution in [3.05, 3.63) is 54.4 Å². The molecule has 0 atom stereocenters. The highest BCUT2D eigenvalue weighted by Gasteiger charge is 2.06. The molecule has 4 nitrogen and oxygen atoms in total. The van der Waals surface area contributed by atoms with E-state index < -0.39 is 0 Å². The van der Waals surface area contributed by atoms with Crippen LogP contribution in [0.5, 0.6) is 0 Å². The van der Waals surface area contributed by atoms with Crippen LogP contribution in [-0.4, -0.2) is 16.5 Å². The zero-order chi connectivity index (χ0) is 14.7. The average molecular weight is 278 g/mol. The maximum Gasteiger partial charge on any atom is 0.141 e. The van der Waals surface area contributed by atoms with Crippen molar-refractivity contribution in [1.29, 1.82) is 0 Å². The van der Waals surface area contributed by atoms with Gasteiger partial charge < -0.3 is 10.6 Å². The molecule has 4 heteroatoms. The van der Waals surface area contributed by atoms with Gasteiger partial charge in [0, 0.05) is 23.3 Å². The van der Waals surface area contributed by atoms with Crippen LogP contribution in [0.3, 0.4) is 0 Å². The number of hydrogen-bond donors (Lipinski definition) is 2. The van der Waals surface area contributed by atoms with Crippen LogP contribution in [0, 0.1) is 6.92 Å². The van der Waals surface area contributed by atoms with E-state index in [-0.39, 0.29) is 0 Å². The van der Waals surface area contributed by atoms with E-state index in [9.17, 15) is 0 Å². The van der Waals surface area contributed by atoms with Crippen molar-refractivity contribution in [3.63, 3.8) is 0 Å². The molecule has 0 saturated carbocycles. The normalized spacial score (nSPS) is 10.6. The molecule has 2 N–H and O–H groups in total. The van der Waals surface area contributed by atoms with Gasteiger partial charge in [-0.3, -0.25) is 0 Å². The fraction of sp³-hybridized carbons (Fsp3) is 0.176. The summed E-state index contributed by atoms with van der Waals surface area (Å²) in [6, 6.07) is 14.3. The molecule has 21 heavy (non-hydrogen) atoms. The van der Waals surface area contributed by atoms with Gasteiger partial charge in [-0.1, -0.05) is 18.2 Å². The van der Waals surface area contributed by atoms with Gasteiger partial charge in [-0.15, -0.1) is 0 Å². The van der Waals surface area contributed by atoms with Crippen molar-refractivity contribution in [2.45, 2.75) is 13.8 Å². The summed E-state index contributed by atoms with van der Waals surface area (Å²) < 4.78 is 0. The summed E-state index contributed by atoms with van der Waals surface area (Å²) >= 11 is 0. The van der Waals surface area contributed by atoms with Gasteiger partial charge in [0.1, 0.15) is 12.1 Å². The number of nitrogens with zero attached hydrogens (tertiary/aromatic N) is 2. The molecule has 0 saturated heterocycles. The molecule has 1 heterocycles. The van der Waals surface area contributed by atoms with Gasteiger partial charge in [-0.25, -0.2) is 9.97 Å². The molecule has 0 aliphatic heterocycles. The Morgan fingerprint density at radius 1 is 1.05 bits per heavy atom. The van der Waals surface area contributed by atoms with Gasteiger partial charge in [0.2, 0.25) is 0 Å². The maximum atomic E-state index is 4.39. The lowest BCUT2D eigenvalue weighted by Crippen LogP contribution is -1.99. The van der Waals surface area contributed by atoms with Crippen LogP contribution >= 0.6 is 0 Å². The number of anilines is 3.